The molecule has 2 N–H and O–H groups in total. The highest BCUT2D eigenvalue weighted by molar-refractivity contribution is 7.36. The molecule has 12 nitrogen and oxygen atoms in total. The number of benzene rings is 1. The number of nitrogens with zero attached hydrogens (tertiary/aromatic N) is 2. The molecule has 2 aliphatic rings. The molecular weight excluding hydrogens is 555 g/mol. The maximum absolute atomic E-state index is 15.5. The summed E-state index contributed by atoms with van der Waals surface area (Å²) in [6.45, 7) is 1.77. The van der Waals surface area contributed by atoms with Crippen molar-refractivity contribution in [2.45, 2.75) is 82.2 Å². The van der Waals surface area contributed by atoms with Crippen molar-refractivity contribution in [1.82, 2.24) is 14.4 Å². The monoisotopic (exact) mass is 586 g/mol. The van der Waals surface area contributed by atoms with E-state index >= 15 is 4.39 Å². The van der Waals surface area contributed by atoms with Crippen LogP contribution >= 0.6 is 8.18 Å². The third-order valence-electron chi connectivity index (χ3n) is 6.85. The van der Waals surface area contributed by atoms with Crippen molar-refractivity contribution in [1.29, 1.82) is 0 Å². The number of aliphatic hydroxyl groups is 1. The SMILES string of the molecule is CC(C(=O)OC1CCCCC1)N(Oc1ccc(F)cc1)[P+](=O)OC[C@H]1O[C@@H](n2ccc(=O)[nH]c2=O)[C@](C)(F)[C@@H]1O. The molecule has 40 heavy (non-hydrogen) atoms. The lowest BCUT2D eigenvalue weighted by molar-refractivity contribution is -0.162. The number of carbonyl (C=O) groups excluding carboxylic acids is 1. The zero-order chi connectivity index (χ0) is 29.0. The van der Waals surface area contributed by atoms with Crippen LogP contribution in [-0.2, 0) is 23.4 Å². The van der Waals surface area contributed by atoms with Gasteiger partial charge in [-0.1, -0.05) is 6.42 Å². The minimum Gasteiger partial charge on any atom is -0.461 e. The van der Waals surface area contributed by atoms with Crippen molar-refractivity contribution in [3.63, 3.8) is 0 Å². The number of aromatic nitrogens is 2. The molecular formula is C25H31F2N3O9P+. The first-order valence-corrected chi connectivity index (χ1v) is 14.0. The van der Waals surface area contributed by atoms with E-state index in [-0.39, 0.29) is 11.9 Å². The van der Waals surface area contributed by atoms with Gasteiger partial charge in [0, 0.05) is 12.3 Å². The highest BCUT2D eigenvalue weighted by atomic mass is 31.1. The summed E-state index contributed by atoms with van der Waals surface area (Å²) < 4.78 is 59.3. The molecule has 15 heteroatoms. The topological polar surface area (TPSA) is 149 Å². The minimum absolute atomic E-state index is 0.0525. The molecule has 4 rings (SSSR count). The number of hydroxylamine groups is 1. The molecule has 1 saturated carbocycles. The summed E-state index contributed by atoms with van der Waals surface area (Å²) in [4.78, 5) is 44.8. The number of esters is 1. The van der Waals surface area contributed by atoms with Crippen LogP contribution in [0.3, 0.4) is 0 Å². The summed E-state index contributed by atoms with van der Waals surface area (Å²) in [5.74, 6) is -1.20. The molecule has 1 aliphatic heterocycles. The van der Waals surface area contributed by atoms with E-state index in [0.717, 1.165) is 60.0 Å². The molecule has 2 unspecified atom stereocenters. The second kappa shape index (κ2) is 12.6. The van der Waals surface area contributed by atoms with E-state index < -0.39 is 68.0 Å². The second-order valence-electron chi connectivity index (χ2n) is 9.89. The van der Waals surface area contributed by atoms with Crippen LogP contribution in [0.15, 0.2) is 46.1 Å². The largest absolute Gasteiger partial charge is 0.653 e. The van der Waals surface area contributed by atoms with Gasteiger partial charge >= 0.3 is 19.8 Å². The van der Waals surface area contributed by atoms with Crippen LogP contribution in [0.1, 0.15) is 52.2 Å². The third kappa shape index (κ3) is 6.81. The van der Waals surface area contributed by atoms with Crippen LogP contribution in [-0.4, -0.2) is 62.1 Å². The lowest BCUT2D eigenvalue weighted by atomic mass is 9.98. The molecule has 2 fully saturated rings. The zero-order valence-corrected chi connectivity index (χ0v) is 22.8. The van der Waals surface area contributed by atoms with Gasteiger partial charge in [-0.25, -0.2) is 13.6 Å². The number of carbonyl (C=O) groups is 1. The smallest absolute Gasteiger partial charge is 0.461 e. The number of hydrogen-bond donors (Lipinski definition) is 2. The summed E-state index contributed by atoms with van der Waals surface area (Å²) in [5.41, 5.74) is -4.15. The number of ether oxygens (including phenoxy) is 2. The number of H-pyrrole nitrogens is 1. The fourth-order valence-electron chi connectivity index (χ4n) is 4.55. The van der Waals surface area contributed by atoms with Gasteiger partial charge in [-0.2, -0.15) is 0 Å². The minimum atomic E-state index is -2.98. The fraction of sp³-hybridized carbons (Fsp3) is 0.560. The highest BCUT2D eigenvalue weighted by Crippen LogP contribution is 2.42. The zero-order valence-electron chi connectivity index (χ0n) is 21.9. The van der Waals surface area contributed by atoms with Crippen molar-refractivity contribution in [3.05, 3.63) is 63.2 Å². The lowest BCUT2D eigenvalue weighted by Crippen LogP contribution is -2.43. The van der Waals surface area contributed by atoms with E-state index in [1.165, 1.54) is 19.1 Å². The quantitative estimate of drug-likeness (QED) is 0.242. The van der Waals surface area contributed by atoms with Crippen molar-refractivity contribution >= 4 is 14.1 Å². The average molecular weight is 587 g/mol. The Labute approximate surface area is 228 Å². The number of halogens is 2. The molecule has 0 radical (unpaired) electrons. The number of aromatic amines is 1. The summed E-state index contributed by atoms with van der Waals surface area (Å²) >= 11 is 0. The van der Waals surface area contributed by atoms with Gasteiger partial charge in [-0.3, -0.25) is 19.1 Å². The van der Waals surface area contributed by atoms with E-state index in [1.54, 1.807) is 0 Å². The summed E-state index contributed by atoms with van der Waals surface area (Å²) in [5, 5.41) is 10.6. The Morgan fingerprint density at radius 2 is 1.93 bits per heavy atom. The van der Waals surface area contributed by atoms with Crippen molar-refractivity contribution in [2.75, 3.05) is 6.61 Å². The number of alkyl halides is 1. The summed E-state index contributed by atoms with van der Waals surface area (Å²) in [6.07, 6.45) is 0.200. The van der Waals surface area contributed by atoms with Crippen molar-refractivity contribution < 1.29 is 42.1 Å². The Bertz CT molecular complexity index is 1310. The lowest BCUT2D eigenvalue weighted by Gasteiger charge is -2.24. The normalized spacial score (nSPS) is 26.4. The van der Waals surface area contributed by atoms with Gasteiger partial charge in [0.1, 0.15) is 35.6 Å². The first-order chi connectivity index (χ1) is 19.0. The van der Waals surface area contributed by atoms with Gasteiger partial charge in [-0.15, -0.1) is 4.52 Å². The van der Waals surface area contributed by atoms with E-state index in [2.05, 4.69) is 0 Å². The van der Waals surface area contributed by atoms with Gasteiger partial charge in [-0.05, 0) is 68.4 Å². The molecule has 1 saturated heterocycles. The number of hydrogen-bond acceptors (Lipinski definition) is 9. The maximum Gasteiger partial charge on any atom is 0.653 e. The Morgan fingerprint density at radius 3 is 2.58 bits per heavy atom. The highest BCUT2D eigenvalue weighted by Gasteiger charge is 2.56. The van der Waals surface area contributed by atoms with Gasteiger partial charge < -0.3 is 19.4 Å². The Balaban J connectivity index is 1.47. The van der Waals surface area contributed by atoms with E-state index in [1.807, 2.05) is 4.98 Å². The summed E-state index contributed by atoms with van der Waals surface area (Å²) in [7, 11) is -2.98. The first-order valence-electron chi connectivity index (χ1n) is 12.8. The van der Waals surface area contributed by atoms with E-state index in [4.69, 9.17) is 18.8 Å². The Kier molecular flexibility index (Phi) is 9.47. The van der Waals surface area contributed by atoms with Crippen LogP contribution < -0.4 is 16.1 Å². The van der Waals surface area contributed by atoms with Gasteiger partial charge in [0.2, 0.25) is 0 Å². The second-order valence-corrected chi connectivity index (χ2v) is 11.0. The number of nitrogens with one attached hydrogen (secondary N) is 1. The molecule has 2 heterocycles. The molecule has 218 valence electrons. The van der Waals surface area contributed by atoms with Crippen LogP contribution in [0, 0.1) is 5.82 Å². The molecule has 1 aromatic heterocycles. The number of aliphatic hydroxyl groups excluding tert-OH is 1. The van der Waals surface area contributed by atoms with Gasteiger partial charge in [0.15, 0.2) is 23.7 Å². The molecule has 0 amide bonds. The molecule has 1 aliphatic carbocycles. The standard InChI is InChI=1S/C25H30F2N3O9P/c1-15(22(33)37-17-6-4-3-5-7-17)30(39-18-10-8-16(26)9-11-18)40(35)36-14-19-21(32)25(2,27)23(38-19)29-13-12-20(31)28-24(29)34/h8-13,15,17,19,21,23,32H,3-7,14H2,1-2H3/p+1/t15?,19-,21-,23-,25-/m1/s1. The van der Waals surface area contributed by atoms with E-state index in [9.17, 15) is 28.4 Å². The molecule has 0 bridgehead atoms. The number of rotatable bonds is 10. The van der Waals surface area contributed by atoms with Crippen LogP contribution in [0.5, 0.6) is 5.75 Å². The maximum atomic E-state index is 15.5. The van der Waals surface area contributed by atoms with Crippen molar-refractivity contribution in [2.24, 2.45) is 0 Å². The average Bonchev–Trinajstić information content (AvgIpc) is 3.15. The van der Waals surface area contributed by atoms with Crippen LogP contribution in [0.2, 0.25) is 0 Å². The molecule has 0 spiro atoms. The first kappa shape index (κ1) is 29.9. The Morgan fingerprint density at radius 1 is 1.25 bits per heavy atom. The van der Waals surface area contributed by atoms with Gasteiger partial charge in [0.25, 0.3) is 5.56 Å². The molecule has 2 aromatic rings. The van der Waals surface area contributed by atoms with Crippen molar-refractivity contribution in [3.8, 4) is 5.75 Å². The van der Waals surface area contributed by atoms with Crippen LogP contribution in [0.4, 0.5) is 8.78 Å². The van der Waals surface area contributed by atoms with E-state index in [0.29, 0.717) is 12.8 Å². The predicted octanol–water partition coefficient (Wildman–Crippen LogP) is 2.90. The molecule has 6 atom stereocenters. The fourth-order valence-corrected chi connectivity index (χ4v) is 5.48. The summed E-state index contributed by atoms with van der Waals surface area (Å²) in [6, 6.07) is 4.49. The Hall–Kier alpha value is -3.03. The van der Waals surface area contributed by atoms with Crippen LogP contribution in [0.25, 0.3) is 0 Å². The predicted molar refractivity (Wildman–Crippen MR) is 136 cm³/mol. The molecule has 1 aromatic carbocycles. The van der Waals surface area contributed by atoms with Gasteiger partial charge in [0.05, 0.1) is 0 Å². The third-order valence-corrected chi connectivity index (χ3v) is 7.97.